The smallest absolute Gasteiger partial charge is 0.407 e. The molecule has 3 aromatic rings. The van der Waals surface area contributed by atoms with Crippen molar-refractivity contribution in [2.75, 3.05) is 0 Å². The van der Waals surface area contributed by atoms with E-state index >= 15 is 0 Å². The molecule has 0 fully saturated rings. The second-order valence-corrected chi connectivity index (χ2v) is 7.54. The fourth-order valence-electron chi connectivity index (χ4n) is 3.05. The first kappa shape index (κ1) is 18.0. The minimum atomic E-state index is -0.333. The Morgan fingerprint density at radius 3 is 2.27 bits per heavy atom. The van der Waals surface area contributed by atoms with Crippen molar-refractivity contribution in [1.29, 1.82) is 0 Å². The van der Waals surface area contributed by atoms with E-state index in [2.05, 4.69) is 39.5 Å². The van der Waals surface area contributed by atoms with Gasteiger partial charge in [-0.2, -0.15) is 0 Å². The molecule has 0 radical (unpaired) electrons. The lowest BCUT2D eigenvalue weighted by molar-refractivity contribution is 0.496. The van der Waals surface area contributed by atoms with E-state index in [1.165, 1.54) is 5.56 Å². The fourth-order valence-corrected chi connectivity index (χ4v) is 3.05. The van der Waals surface area contributed by atoms with Crippen LogP contribution in [0, 0.1) is 0 Å². The van der Waals surface area contributed by atoms with Crippen LogP contribution in [-0.4, -0.2) is 4.57 Å². The van der Waals surface area contributed by atoms with E-state index in [9.17, 15) is 4.79 Å². The average Bonchev–Trinajstić information content (AvgIpc) is 2.92. The molecule has 1 heterocycles. The first-order chi connectivity index (χ1) is 12.4. The normalized spacial score (nSPS) is 11.5. The number of hydrogen-bond donors (Lipinski definition) is 0. The van der Waals surface area contributed by atoms with Crippen LogP contribution in [-0.2, 0) is 18.4 Å². The minimum Gasteiger partial charge on any atom is -0.407 e. The molecule has 0 bridgehead atoms. The van der Waals surface area contributed by atoms with Crippen LogP contribution in [0.3, 0.4) is 0 Å². The van der Waals surface area contributed by atoms with Crippen LogP contribution >= 0.6 is 0 Å². The lowest BCUT2D eigenvalue weighted by Crippen LogP contribution is -2.17. The van der Waals surface area contributed by atoms with Gasteiger partial charge in [-0.15, -0.1) is 6.58 Å². The van der Waals surface area contributed by atoms with E-state index in [1.807, 2.05) is 42.5 Å². The topological polar surface area (TPSA) is 35.1 Å². The van der Waals surface area contributed by atoms with Gasteiger partial charge in [0.15, 0.2) is 5.76 Å². The summed E-state index contributed by atoms with van der Waals surface area (Å²) < 4.78 is 7.34. The SMILES string of the molecule is C=CCc1c(-c2ccc(C(C)(C)C)cc2)oc(=O)n1Cc1ccccc1. The fraction of sp³-hybridized carbons (Fsp3) is 0.261. The molecule has 1 aromatic heterocycles. The van der Waals surface area contributed by atoms with E-state index in [1.54, 1.807) is 10.6 Å². The van der Waals surface area contributed by atoms with Gasteiger partial charge in [-0.05, 0) is 16.5 Å². The summed E-state index contributed by atoms with van der Waals surface area (Å²) in [6, 6.07) is 18.2. The largest absolute Gasteiger partial charge is 0.420 e. The summed E-state index contributed by atoms with van der Waals surface area (Å²) in [6.07, 6.45) is 2.38. The van der Waals surface area contributed by atoms with Gasteiger partial charge in [0.05, 0.1) is 12.2 Å². The van der Waals surface area contributed by atoms with Crippen LogP contribution in [0.2, 0.25) is 0 Å². The summed E-state index contributed by atoms with van der Waals surface area (Å²) in [6.45, 7) is 10.9. The highest BCUT2D eigenvalue weighted by molar-refractivity contribution is 5.61. The molecule has 3 heteroatoms. The maximum atomic E-state index is 12.5. The van der Waals surface area contributed by atoms with Crippen molar-refractivity contribution in [1.82, 2.24) is 4.57 Å². The molecule has 26 heavy (non-hydrogen) atoms. The van der Waals surface area contributed by atoms with Crippen molar-refractivity contribution >= 4 is 0 Å². The van der Waals surface area contributed by atoms with Gasteiger partial charge in [-0.1, -0.05) is 81.4 Å². The van der Waals surface area contributed by atoms with Gasteiger partial charge in [0.2, 0.25) is 0 Å². The zero-order chi connectivity index (χ0) is 18.7. The van der Waals surface area contributed by atoms with Crippen molar-refractivity contribution < 1.29 is 4.42 Å². The molecule has 0 amide bonds. The summed E-state index contributed by atoms with van der Waals surface area (Å²) in [5.41, 5.74) is 4.17. The Morgan fingerprint density at radius 2 is 1.69 bits per heavy atom. The second-order valence-electron chi connectivity index (χ2n) is 7.54. The maximum Gasteiger partial charge on any atom is 0.420 e. The number of rotatable bonds is 5. The first-order valence-electron chi connectivity index (χ1n) is 8.88. The summed E-state index contributed by atoms with van der Waals surface area (Å²) in [7, 11) is 0. The Morgan fingerprint density at radius 1 is 1.04 bits per heavy atom. The number of benzene rings is 2. The van der Waals surface area contributed by atoms with E-state index in [-0.39, 0.29) is 11.2 Å². The predicted molar refractivity (Wildman–Crippen MR) is 107 cm³/mol. The quantitative estimate of drug-likeness (QED) is 0.596. The average molecular weight is 347 g/mol. The molecule has 0 saturated carbocycles. The standard InChI is InChI=1S/C23H25NO2/c1-5-9-20-21(18-12-14-19(15-13-18)23(2,3)4)26-22(25)24(20)16-17-10-7-6-8-11-17/h5-8,10-15H,1,9,16H2,2-4H3. The number of aromatic nitrogens is 1. The molecule has 2 aromatic carbocycles. The minimum absolute atomic E-state index is 0.0859. The molecule has 3 nitrogen and oxygen atoms in total. The molecular weight excluding hydrogens is 322 g/mol. The Bertz CT molecular complexity index is 939. The van der Waals surface area contributed by atoms with Crippen molar-refractivity contribution in [2.24, 2.45) is 0 Å². The van der Waals surface area contributed by atoms with E-state index < -0.39 is 0 Å². The molecule has 0 atom stereocenters. The summed E-state index contributed by atoms with van der Waals surface area (Å²) in [4.78, 5) is 12.5. The third-order valence-electron chi connectivity index (χ3n) is 4.53. The first-order valence-corrected chi connectivity index (χ1v) is 8.88. The van der Waals surface area contributed by atoms with Crippen LogP contribution in [0.4, 0.5) is 0 Å². The van der Waals surface area contributed by atoms with E-state index in [4.69, 9.17) is 4.42 Å². The lowest BCUT2D eigenvalue weighted by Gasteiger charge is -2.19. The summed E-state index contributed by atoms with van der Waals surface area (Å²) in [5, 5.41) is 0. The van der Waals surface area contributed by atoms with E-state index in [0.717, 1.165) is 16.8 Å². The Balaban J connectivity index is 2.04. The summed E-state index contributed by atoms with van der Waals surface area (Å²) >= 11 is 0. The Labute approximate surface area is 154 Å². The Kier molecular flexibility index (Phi) is 4.99. The molecule has 0 aliphatic carbocycles. The third-order valence-corrected chi connectivity index (χ3v) is 4.53. The number of allylic oxidation sites excluding steroid dienone is 1. The molecule has 134 valence electrons. The number of hydrogen-bond acceptors (Lipinski definition) is 2. The lowest BCUT2D eigenvalue weighted by atomic mass is 9.86. The molecule has 0 aliphatic heterocycles. The van der Waals surface area contributed by atoms with Crippen LogP contribution in [0.25, 0.3) is 11.3 Å². The van der Waals surface area contributed by atoms with Crippen LogP contribution in [0.5, 0.6) is 0 Å². The van der Waals surface area contributed by atoms with Gasteiger partial charge in [0, 0.05) is 12.0 Å². The molecule has 0 unspecified atom stereocenters. The zero-order valence-electron chi connectivity index (χ0n) is 15.7. The third kappa shape index (κ3) is 3.72. The van der Waals surface area contributed by atoms with Crippen LogP contribution in [0.1, 0.15) is 37.6 Å². The molecule has 0 spiro atoms. The highest BCUT2D eigenvalue weighted by Gasteiger charge is 2.19. The van der Waals surface area contributed by atoms with Gasteiger partial charge in [0.1, 0.15) is 0 Å². The van der Waals surface area contributed by atoms with Gasteiger partial charge >= 0.3 is 5.76 Å². The molecule has 0 aliphatic rings. The number of oxazole rings is 1. The summed E-state index contributed by atoms with van der Waals surface area (Å²) in [5.74, 6) is 0.298. The molecular formula is C23H25NO2. The predicted octanol–water partition coefficient (Wildman–Crippen LogP) is 5.18. The molecule has 0 N–H and O–H groups in total. The van der Waals surface area contributed by atoms with Crippen molar-refractivity contribution in [3.8, 4) is 11.3 Å². The van der Waals surface area contributed by atoms with Crippen molar-refractivity contribution in [3.63, 3.8) is 0 Å². The monoisotopic (exact) mass is 347 g/mol. The van der Waals surface area contributed by atoms with Gasteiger partial charge in [-0.3, -0.25) is 4.57 Å². The molecule has 3 rings (SSSR count). The van der Waals surface area contributed by atoms with Crippen molar-refractivity contribution in [2.45, 2.75) is 39.2 Å². The molecule has 0 saturated heterocycles. The van der Waals surface area contributed by atoms with Gasteiger partial charge < -0.3 is 4.42 Å². The van der Waals surface area contributed by atoms with Crippen LogP contribution in [0.15, 0.2) is 76.5 Å². The van der Waals surface area contributed by atoms with Gasteiger partial charge in [0.25, 0.3) is 0 Å². The maximum absolute atomic E-state index is 12.5. The van der Waals surface area contributed by atoms with Crippen LogP contribution < -0.4 is 5.76 Å². The number of nitrogens with zero attached hydrogens (tertiary/aromatic N) is 1. The highest BCUT2D eigenvalue weighted by atomic mass is 16.4. The van der Waals surface area contributed by atoms with E-state index in [0.29, 0.717) is 18.7 Å². The highest BCUT2D eigenvalue weighted by Crippen LogP contribution is 2.28. The van der Waals surface area contributed by atoms with Gasteiger partial charge in [-0.25, -0.2) is 4.79 Å². The Hall–Kier alpha value is -2.81. The van der Waals surface area contributed by atoms with Crippen molar-refractivity contribution in [3.05, 3.63) is 94.6 Å². The second kappa shape index (κ2) is 7.20. The zero-order valence-corrected chi connectivity index (χ0v) is 15.7.